The number of aliphatic hydroxyl groups is 1. The van der Waals surface area contributed by atoms with E-state index in [2.05, 4.69) is 4.90 Å². The average Bonchev–Trinajstić information content (AvgIpc) is 2.55. The van der Waals surface area contributed by atoms with Gasteiger partial charge in [0.05, 0.1) is 6.10 Å². The molecule has 0 spiro atoms. The number of hydrogen-bond acceptors (Lipinski definition) is 3. The maximum absolute atomic E-state index is 13.3. The topological polar surface area (TPSA) is 43.8 Å². The zero-order chi connectivity index (χ0) is 14.7. The molecule has 0 aromatic heterocycles. The minimum atomic E-state index is -0.560. The van der Waals surface area contributed by atoms with E-state index in [1.54, 1.807) is 11.0 Å². The van der Waals surface area contributed by atoms with Gasteiger partial charge in [0.2, 0.25) is 5.91 Å². The van der Waals surface area contributed by atoms with E-state index in [1.807, 2.05) is 6.92 Å². The number of halogens is 1. The van der Waals surface area contributed by atoms with E-state index in [4.69, 9.17) is 0 Å². The Bertz CT molecular complexity index is 493. The van der Waals surface area contributed by atoms with Gasteiger partial charge in [-0.05, 0) is 30.2 Å². The summed E-state index contributed by atoms with van der Waals surface area (Å²) in [5, 5.41) is 9.97. The first-order valence-electron chi connectivity index (χ1n) is 6.86. The molecule has 0 saturated carbocycles. The highest BCUT2D eigenvalue weighted by Crippen LogP contribution is 2.15. The van der Waals surface area contributed by atoms with Gasteiger partial charge in [0, 0.05) is 39.6 Å². The number of aliphatic hydroxyl groups excluding tert-OH is 1. The zero-order valence-electron chi connectivity index (χ0n) is 12.0. The van der Waals surface area contributed by atoms with Crippen molar-refractivity contribution in [2.24, 2.45) is 0 Å². The molecule has 1 aromatic carbocycles. The molecule has 20 heavy (non-hydrogen) atoms. The standard InChI is InChI=1S/C15H21FN2O2/c1-11-3-4-14(16)7-13(11)8-17-5-6-18(12(2)19)10-15(20)9-17/h3-4,7,15,20H,5-6,8-10H2,1-2H3. The predicted octanol–water partition coefficient (Wildman–Crippen LogP) is 1.16. The van der Waals surface area contributed by atoms with Gasteiger partial charge in [-0.25, -0.2) is 4.39 Å². The number of β-amino-alcohol motifs (C(OH)–C–C–N with tert-alkyl or cyclic N) is 1. The lowest BCUT2D eigenvalue weighted by Crippen LogP contribution is -2.36. The van der Waals surface area contributed by atoms with Gasteiger partial charge < -0.3 is 10.0 Å². The van der Waals surface area contributed by atoms with Crippen LogP contribution in [0.15, 0.2) is 18.2 Å². The maximum Gasteiger partial charge on any atom is 0.219 e. The van der Waals surface area contributed by atoms with Crippen molar-refractivity contribution in [3.8, 4) is 0 Å². The number of carbonyl (C=O) groups is 1. The molecule has 4 nitrogen and oxygen atoms in total. The van der Waals surface area contributed by atoms with Gasteiger partial charge in [-0.3, -0.25) is 9.69 Å². The minimum Gasteiger partial charge on any atom is -0.390 e. The van der Waals surface area contributed by atoms with Crippen LogP contribution in [-0.2, 0) is 11.3 Å². The summed E-state index contributed by atoms with van der Waals surface area (Å²) in [6.07, 6.45) is -0.560. The Morgan fingerprint density at radius 2 is 2.15 bits per heavy atom. The maximum atomic E-state index is 13.3. The molecule has 1 aliphatic heterocycles. The smallest absolute Gasteiger partial charge is 0.219 e. The monoisotopic (exact) mass is 280 g/mol. The normalized spacial score (nSPS) is 20.8. The molecular formula is C15H21FN2O2. The van der Waals surface area contributed by atoms with Crippen LogP contribution in [0.25, 0.3) is 0 Å². The molecule has 1 fully saturated rings. The predicted molar refractivity (Wildman–Crippen MR) is 74.7 cm³/mol. The first-order valence-corrected chi connectivity index (χ1v) is 6.86. The van der Waals surface area contributed by atoms with Crippen molar-refractivity contribution in [3.63, 3.8) is 0 Å². The van der Waals surface area contributed by atoms with Crippen molar-refractivity contribution >= 4 is 5.91 Å². The lowest BCUT2D eigenvalue weighted by molar-refractivity contribution is -0.129. The lowest BCUT2D eigenvalue weighted by atomic mass is 10.1. The molecule has 0 bridgehead atoms. The number of rotatable bonds is 2. The van der Waals surface area contributed by atoms with Gasteiger partial charge in [0.1, 0.15) is 5.82 Å². The summed E-state index contributed by atoms with van der Waals surface area (Å²) in [5.41, 5.74) is 1.96. The molecule has 110 valence electrons. The van der Waals surface area contributed by atoms with E-state index in [1.165, 1.54) is 19.1 Å². The Hall–Kier alpha value is -1.46. The Balaban J connectivity index is 2.06. The van der Waals surface area contributed by atoms with Crippen LogP contribution in [0.3, 0.4) is 0 Å². The van der Waals surface area contributed by atoms with Gasteiger partial charge >= 0.3 is 0 Å². The van der Waals surface area contributed by atoms with E-state index < -0.39 is 6.10 Å². The summed E-state index contributed by atoms with van der Waals surface area (Å²) in [6, 6.07) is 4.75. The molecule has 1 N–H and O–H groups in total. The average molecular weight is 280 g/mol. The van der Waals surface area contributed by atoms with Gasteiger partial charge in [-0.2, -0.15) is 0 Å². The molecule has 1 atom stereocenters. The second-order valence-electron chi connectivity index (χ2n) is 5.42. The number of benzene rings is 1. The largest absolute Gasteiger partial charge is 0.390 e. The molecule has 0 radical (unpaired) electrons. The second-order valence-corrected chi connectivity index (χ2v) is 5.42. The van der Waals surface area contributed by atoms with Crippen LogP contribution in [0.1, 0.15) is 18.1 Å². The van der Waals surface area contributed by atoms with Crippen molar-refractivity contribution in [3.05, 3.63) is 35.1 Å². The summed E-state index contributed by atoms with van der Waals surface area (Å²) in [5.74, 6) is -0.265. The van der Waals surface area contributed by atoms with Crippen LogP contribution in [0.2, 0.25) is 0 Å². The highest BCUT2D eigenvalue weighted by Gasteiger charge is 2.22. The van der Waals surface area contributed by atoms with Gasteiger partial charge in [0.25, 0.3) is 0 Å². The molecular weight excluding hydrogens is 259 g/mol. The highest BCUT2D eigenvalue weighted by atomic mass is 19.1. The second kappa shape index (κ2) is 6.33. The van der Waals surface area contributed by atoms with Crippen LogP contribution in [0.5, 0.6) is 0 Å². The van der Waals surface area contributed by atoms with E-state index >= 15 is 0 Å². The fourth-order valence-electron chi connectivity index (χ4n) is 2.54. The van der Waals surface area contributed by atoms with Crippen molar-refractivity contribution in [1.29, 1.82) is 0 Å². The zero-order valence-corrected chi connectivity index (χ0v) is 12.0. The van der Waals surface area contributed by atoms with Crippen LogP contribution in [0, 0.1) is 12.7 Å². The first kappa shape index (κ1) is 14.9. The van der Waals surface area contributed by atoms with Crippen LogP contribution in [0.4, 0.5) is 4.39 Å². The summed E-state index contributed by atoms with van der Waals surface area (Å²) < 4.78 is 13.3. The Kier molecular flexibility index (Phi) is 4.73. The van der Waals surface area contributed by atoms with Gasteiger partial charge in [-0.15, -0.1) is 0 Å². The number of carbonyl (C=O) groups excluding carboxylic acids is 1. The van der Waals surface area contributed by atoms with E-state index in [0.717, 1.165) is 11.1 Å². The summed E-state index contributed by atoms with van der Waals surface area (Å²) in [7, 11) is 0. The molecule has 1 unspecified atom stereocenters. The molecule has 1 aromatic rings. The van der Waals surface area contributed by atoms with Crippen LogP contribution < -0.4 is 0 Å². The van der Waals surface area contributed by atoms with E-state index in [-0.39, 0.29) is 11.7 Å². The third-order valence-electron chi connectivity index (χ3n) is 3.74. The summed E-state index contributed by atoms with van der Waals surface area (Å²) in [4.78, 5) is 15.1. The number of nitrogens with zero attached hydrogens (tertiary/aromatic N) is 2. The van der Waals surface area contributed by atoms with Crippen LogP contribution in [-0.4, -0.2) is 53.1 Å². The summed E-state index contributed by atoms with van der Waals surface area (Å²) in [6.45, 7) is 6.21. The van der Waals surface area contributed by atoms with E-state index in [9.17, 15) is 14.3 Å². The van der Waals surface area contributed by atoms with Crippen molar-refractivity contribution in [2.75, 3.05) is 26.2 Å². The third kappa shape index (κ3) is 3.77. The fourth-order valence-corrected chi connectivity index (χ4v) is 2.54. The van der Waals surface area contributed by atoms with Crippen molar-refractivity contribution < 1.29 is 14.3 Å². The molecule has 5 heteroatoms. The Morgan fingerprint density at radius 3 is 2.85 bits per heavy atom. The van der Waals surface area contributed by atoms with E-state index in [0.29, 0.717) is 32.7 Å². The number of aryl methyl sites for hydroxylation is 1. The molecule has 0 aliphatic carbocycles. The lowest BCUT2D eigenvalue weighted by Gasteiger charge is -2.22. The third-order valence-corrected chi connectivity index (χ3v) is 3.74. The summed E-state index contributed by atoms with van der Waals surface area (Å²) >= 11 is 0. The van der Waals surface area contributed by atoms with Gasteiger partial charge in [-0.1, -0.05) is 6.07 Å². The van der Waals surface area contributed by atoms with Crippen LogP contribution >= 0.6 is 0 Å². The first-order chi connectivity index (χ1) is 9.45. The molecule has 1 aliphatic rings. The quantitative estimate of drug-likeness (QED) is 0.884. The SMILES string of the molecule is CC(=O)N1CCN(Cc2cc(F)ccc2C)CC(O)C1. The van der Waals surface area contributed by atoms with Crippen molar-refractivity contribution in [1.82, 2.24) is 9.80 Å². The number of hydrogen-bond donors (Lipinski definition) is 1. The molecule has 2 rings (SSSR count). The Morgan fingerprint density at radius 1 is 1.40 bits per heavy atom. The number of amides is 1. The minimum absolute atomic E-state index is 0.0205. The van der Waals surface area contributed by atoms with Gasteiger partial charge in [0.15, 0.2) is 0 Å². The fraction of sp³-hybridized carbons (Fsp3) is 0.533. The molecule has 1 saturated heterocycles. The molecule has 1 heterocycles. The Labute approximate surface area is 118 Å². The highest BCUT2D eigenvalue weighted by molar-refractivity contribution is 5.73. The van der Waals surface area contributed by atoms with Crippen molar-refractivity contribution in [2.45, 2.75) is 26.5 Å². The molecule has 1 amide bonds.